The van der Waals surface area contributed by atoms with Gasteiger partial charge in [0.25, 0.3) is 5.91 Å². The zero-order valence-corrected chi connectivity index (χ0v) is 13.6. The van der Waals surface area contributed by atoms with E-state index in [-0.39, 0.29) is 11.3 Å². The lowest BCUT2D eigenvalue weighted by atomic mass is 9.79. The number of hydrogen-bond donors (Lipinski definition) is 0. The number of aromatic nitrogens is 3. The molecule has 1 amide bonds. The van der Waals surface area contributed by atoms with E-state index < -0.39 is 0 Å². The highest BCUT2D eigenvalue weighted by atomic mass is 16.2. The summed E-state index contributed by atoms with van der Waals surface area (Å²) in [7, 11) is 0. The zero-order valence-electron chi connectivity index (χ0n) is 13.6. The molecule has 1 atom stereocenters. The summed E-state index contributed by atoms with van der Waals surface area (Å²) in [4.78, 5) is 29.8. The van der Waals surface area contributed by atoms with Crippen LogP contribution in [0.3, 0.4) is 0 Å². The molecule has 2 fully saturated rings. The van der Waals surface area contributed by atoms with Gasteiger partial charge in [-0.1, -0.05) is 6.07 Å². The van der Waals surface area contributed by atoms with Gasteiger partial charge in [-0.2, -0.15) is 0 Å². The molecular weight excluding hydrogens is 302 g/mol. The lowest BCUT2D eigenvalue weighted by Gasteiger charge is -2.40. The van der Waals surface area contributed by atoms with Crippen molar-refractivity contribution < 1.29 is 4.79 Å². The third-order valence-electron chi connectivity index (χ3n) is 5.11. The summed E-state index contributed by atoms with van der Waals surface area (Å²) in [6, 6.07) is 7.33. The summed E-state index contributed by atoms with van der Waals surface area (Å²) in [5.74, 6) is 0.839. The number of anilines is 1. The summed E-state index contributed by atoms with van der Waals surface area (Å²) in [5, 5.41) is 0. The van der Waals surface area contributed by atoms with E-state index in [0.717, 1.165) is 51.4 Å². The first-order valence-electron chi connectivity index (χ1n) is 8.48. The SMILES string of the molecule is O=C(c1ccccn1)N1CCC2(CCCN(c3ncccn3)C2)C1. The van der Waals surface area contributed by atoms with E-state index in [0.29, 0.717) is 5.69 Å². The molecule has 0 N–H and O–H groups in total. The molecular formula is C18H21N5O. The Balaban J connectivity index is 1.48. The van der Waals surface area contributed by atoms with Crippen LogP contribution < -0.4 is 4.90 Å². The number of likely N-dealkylation sites (tertiary alicyclic amines) is 1. The molecule has 2 saturated heterocycles. The second kappa shape index (κ2) is 6.19. The number of carbonyl (C=O) groups excluding carboxylic acids is 1. The van der Waals surface area contributed by atoms with E-state index in [4.69, 9.17) is 0 Å². The van der Waals surface area contributed by atoms with Crippen LogP contribution >= 0.6 is 0 Å². The summed E-state index contributed by atoms with van der Waals surface area (Å²) in [5.41, 5.74) is 0.690. The van der Waals surface area contributed by atoms with Crippen molar-refractivity contribution in [2.75, 3.05) is 31.1 Å². The first kappa shape index (κ1) is 15.1. The van der Waals surface area contributed by atoms with Crippen LogP contribution in [0.5, 0.6) is 0 Å². The van der Waals surface area contributed by atoms with Crippen molar-refractivity contribution >= 4 is 11.9 Å². The molecule has 2 aromatic rings. The first-order valence-corrected chi connectivity index (χ1v) is 8.48. The van der Waals surface area contributed by atoms with Crippen LogP contribution in [0.15, 0.2) is 42.9 Å². The van der Waals surface area contributed by atoms with Crippen LogP contribution in [0, 0.1) is 5.41 Å². The minimum Gasteiger partial charge on any atom is -0.340 e. The molecule has 2 aliphatic heterocycles. The number of nitrogens with zero attached hydrogens (tertiary/aromatic N) is 5. The summed E-state index contributed by atoms with van der Waals surface area (Å²) in [6.45, 7) is 3.51. The minimum absolute atomic E-state index is 0.0422. The largest absolute Gasteiger partial charge is 0.340 e. The van der Waals surface area contributed by atoms with Crippen molar-refractivity contribution in [3.8, 4) is 0 Å². The third kappa shape index (κ3) is 2.84. The van der Waals surface area contributed by atoms with Gasteiger partial charge in [-0.3, -0.25) is 9.78 Å². The minimum atomic E-state index is 0.0422. The van der Waals surface area contributed by atoms with Crippen molar-refractivity contribution in [3.63, 3.8) is 0 Å². The normalized spacial score (nSPS) is 23.7. The number of piperidine rings is 1. The van der Waals surface area contributed by atoms with Crippen molar-refractivity contribution in [3.05, 3.63) is 48.5 Å². The molecule has 0 radical (unpaired) electrons. The van der Waals surface area contributed by atoms with Gasteiger partial charge in [0.1, 0.15) is 5.69 Å². The quantitative estimate of drug-likeness (QED) is 0.846. The highest BCUT2D eigenvalue weighted by molar-refractivity contribution is 5.92. The average molecular weight is 323 g/mol. The monoisotopic (exact) mass is 323 g/mol. The second-order valence-electron chi connectivity index (χ2n) is 6.77. The van der Waals surface area contributed by atoms with E-state index in [1.165, 1.54) is 0 Å². The Morgan fingerprint density at radius 3 is 2.58 bits per heavy atom. The maximum atomic E-state index is 12.6. The molecule has 1 spiro atoms. The molecule has 124 valence electrons. The fourth-order valence-corrected chi connectivity index (χ4v) is 3.93. The van der Waals surface area contributed by atoms with E-state index in [9.17, 15) is 4.79 Å². The number of rotatable bonds is 2. The standard InChI is InChI=1S/C18H21N5O/c24-16(15-5-1-2-8-19-15)22-12-7-18(13-22)6-3-11-23(14-18)17-20-9-4-10-21-17/h1-2,4-5,8-10H,3,6-7,11-14H2. The predicted molar refractivity (Wildman–Crippen MR) is 90.7 cm³/mol. The summed E-state index contributed by atoms with van der Waals surface area (Å²) < 4.78 is 0. The number of pyridine rings is 1. The Labute approximate surface area is 141 Å². The fraction of sp³-hybridized carbons (Fsp3) is 0.444. The molecule has 6 heteroatoms. The van der Waals surface area contributed by atoms with E-state index >= 15 is 0 Å². The van der Waals surface area contributed by atoms with Gasteiger partial charge < -0.3 is 9.80 Å². The van der Waals surface area contributed by atoms with Crippen molar-refractivity contribution in [1.82, 2.24) is 19.9 Å². The molecule has 0 saturated carbocycles. The number of hydrogen-bond acceptors (Lipinski definition) is 5. The summed E-state index contributed by atoms with van der Waals surface area (Å²) in [6.07, 6.45) is 8.56. The molecule has 0 aromatic carbocycles. The first-order chi connectivity index (χ1) is 11.8. The predicted octanol–water partition coefficient (Wildman–Crippen LogP) is 2.00. The molecule has 0 aliphatic carbocycles. The van der Waals surface area contributed by atoms with Crippen molar-refractivity contribution in [2.24, 2.45) is 5.41 Å². The maximum absolute atomic E-state index is 12.6. The lowest BCUT2D eigenvalue weighted by Crippen LogP contribution is -2.46. The van der Waals surface area contributed by atoms with E-state index in [1.807, 2.05) is 23.1 Å². The van der Waals surface area contributed by atoms with Crippen molar-refractivity contribution in [1.29, 1.82) is 0 Å². The van der Waals surface area contributed by atoms with Gasteiger partial charge in [0.15, 0.2) is 0 Å². The molecule has 2 aliphatic rings. The van der Waals surface area contributed by atoms with Gasteiger partial charge in [-0.25, -0.2) is 9.97 Å². The van der Waals surface area contributed by atoms with Gasteiger partial charge in [-0.15, -0.1) is 0 Å². The van der Waals surface area contributed by atoms with E-state index in [2.05, 4.69) is 19.9 Å². The number of carbonyl (C=O) groups is 1. The van der Waals surface area contributed by atoms with E-state index in [1.54, 1.807) is 24.7 Å². The molecule has 6 nitrogen and oxygen atoms in total. The molecule has 4 heterocycles. The highest BCUT2D eigenvalue weighted by Crippen LogP contribution is 2.40. The van der Waals surface area contributed by atoms with Crippen LogP contribution in [0.1, 0.15) is 29.8 Å². The van der Waals surface area contributed by atoms with Crippen LogP contribution in [-0.4, -0.2) is 51.9 Å². The van der Waals surface area contributed by atoms with Crippen molar-refractivity contribution in [2.45, 2.75) is 19.3 Å². The smallest absolute Gasteiger partial charge is 0.272 e. The molecule has 0 bridgehead atoms. The van der Waals surface area contributed by atoms with Crippen LogP contribution in [0.4, 0.5) is 5.95 Å². The molecule has 4 rings (SSSR count). The van der Waals surface area contributed by atoms with Gasteiger partial charge >= 0.3 is 0 Å². The topological polar surface area (TPSA) is 62.2 Å². The van der Waals surface area contributed by atoms with Gasteiger partial charge in [0.2, 0.25) is 5.95 Å². The Kier molecular flexibility index (Phi) is 3.88. The molecule has 2 aromatic heterocycles. The Bertz CT molecular complexity index is 708. The van der Waals surface area contributed by atoms with Crippen LogP contribution in [0.25, 0.3) is 0 Å². The Hall–Kier alpha value is -2.50. The lowest BCUT2D eigenvalue weighted by molar-refractivity contribution is 0.0761. The van der Waals surface area contributed by atoms with Crippen LogP contribution in [0.2, 0.25) is 0 Å². The number of amides is 1. The zero-order chi connectivity index (χ0) is 16.4. The third-order valence-corrected chi connectivity index (χ3v) is 5.11. The average Bonchev–Trinajstić information content (AvgIpc) is 3.06. The second-order valence-corrected chi connectivity index (χ2v) is 6.77. The maximum Gasteiger partial charge on any atom is 0.272 e. The Morgan fingerprint density at radius 2 is 1.79 bits per heavy atom. The Morgan fingerprint density at radius 1 is 0.958 bits per heavy atom. The van der Waals surface area contributed by atoms with Gasteiger partial charge in [0.05, 0.1) is 0 Å². The summed E-state index contributed by atoms with van der Waals surface area (Å²) >= 11 is 0. The highest BCUT2D eigenvalue weighted by Gasteiger charge is 2.43. The van der Waals surface area contributed by atoms with Gasteiger partial charge in [0, 0.05) is 50.2 Å². The fourth-order valence-electron chi connectivity index (χ4n) is 3.93. The molecule has 1 unspecified atom stereocenters. The molecule has 24 heavy (non-hydrogen) atoms. The van der Waals surface area contributed by atoms with Gasteiger partial charge in [-0.05, 0) is 37.5 Å². The van der Waals surface area contributed by atoms with Crippen LogP contribution in [-0.2, 0) is 0 Å².